The molecule has 0 amide bonds. The Bertz CT molecular complexity index is 2220. The Morgan fingerprint density at radius 2 is 0.733 bits per heavy atom. The second-order valence-corrected chi connectivity index (χ2v) is 14.8. The van der Waals surface area contributed by atoms with Gasteiger partial charge < -0.3 is 28.4 Å². The standard InChI is InChI=1S/C52H56N2O6/c1-35-21-25-45(55-5)41(31-35)49(51(57-7)53-39-17-11-9-12-18-39)43-33-37(3)23-27-47(43)59-29-15-16-30-60-48-28-24-38(4)34-44(48)50(42-32-36(2)22-26-46(42)56-6)52(58-8)54-40-19-13-10-14-20-40/h9-14,17-28,31-34,49-50H,15-16,29-30H2,1-8H3. The van der Waals surface area contributed by atoms with Crippen molar-refractivity contribution in [3.63, 3.8) is 0 Å². The van der Waals surface area contributed by atoms with Crippen molar-refractivity contribution in [2.24, 2.45) is 9.98 Å². The van der Waals surface area contributed by atoms with Crippen LogP contribution in [0, 0.1) is 27.7 Å². The predicted octanol–water partition coefficient (Wildman–Crippen LogP) is 12.2. The first-order chi connectivity index (χ1) is 29.2. The summed E-state index contributed by atoms with van der Waals surface area (Å²) < 4.78 is 37.2. The molecule has 0 saturated carbocycles. The lowest BCUT2D eigenvalue weighted by molar-refractivity contribution is 0.263. The molecule has 0 N–H and O–H groups in total. The topological polar surface area (TPSA) is 80.1 Å². The SMILES string of the molecule is COC(=Nc1ccccc1)C(c1cc(C)ccc1OC)c1cc(C)ccc1OCCCCOc1ccc(C)cc1C(C(=Nc1ccccc1)OC)c1cc(C)ccc1OC. The summed E-state index contributed by atoms with van der Waals surface area (Å²) in [5.74, 6) is 3.29. The van der Waals surface area contributed by atoms with Crippen LogP contribution in [-0.2, 0) is 9.47 Å². The van der Waals surface area contributed by atoms with E-state index in [0.29, 0.717) is 25.0 Å². The van der Waals surface area contributed by atoms with Gasteiger partial charge in [0.25, 0.3) is 0 Å². The maximum atomic E-state index is 6.62. The van der Waals surface area contributed by atoms with Gasteiger partial charge in [0.2, 0.25) is 11.8 Å². The Balaban J connectivity index is 1.25. The molecule has 0 bridgehead atoms. The number of benzene rings is 6. The fraction of sp³-hybridized carbons (Fsp3) is 0.269. The fourth-order valence-electron chi connectivity index (χ4n) is 7.36. The van der Waals surface area contributed by atoms with Gasteiger partial charge in [-0.05, 0) is 89.1 Å². The summed E-state index contributed by atoms with van der Waals surface area (Å²) in [5.41, 5.74) is 9.76. The van der Waals surface area contributed by atoms with E-state index in [-0.39, 0.29) is 0 Å². The maximum Gasteiger partial charge on any atom is 0.200 e. The zero-order valence-corrected chi connectivity index (χ0v) is 36.0. The van der Waals surface area contributed by atoms with Crippen LogP contribution in [0.1, 0.15) is 69.2 Å². The number of nitrogens with zero attached hydrogens (tertiary/aromatic N) is 2. The molecule has 6 aromatic rings. The van der Waals surface area contributed by atoms with Gasteiger partial charge in [-0.25, -0.2) is 9.98 Å². The van der Waals surface area contributed by atoms with Crippen LogP contribution >= 0.6 is 0 Å². The lowest BCUT2D eigenvalue weighted by Crippen LogP contribution is -2.19. The van der Waals surface area contributed by atoms with Gasteiger partial charge in [-0.2, -0.15) is 0 Å². The van der Waals surface area contributed by atoms with Crippen LogP contribution in [0.25, 0.3) is 0 Å². The van der Waals surface area contributed by atoms with Crippen molar-refractivity contribution >= 4 is 23.2 Å². The molecule has 0 fully saturated rings. The van der Waals surface area contributed by atoms with E-state index in [1.54, 1.807) is 28.4 Å². The molecular weight excluding hydrogens is 749 g/mol. The lowest BCUT2D eigenvalue weighted by atomic mass is 9.87. The van der Waals surface area contributed by atoms with Crippen molar-refractivity contribution in [3.8, 4) is 23.0 Å². The first-order valence-electron chi connectivity index (χ1n) is 20.3. The highest BCUT2D eigenvalue weighted by Crippen LogP contribution is 2.41. The quantitative estimate of drug-likeness (QED) is 0.0519. The van der Waals surface area contributed by atoms with Crippen molar-refractivity contribution in [1.82, 2.24) is 0 Å². The van der Waals surface area contributed by atoms with E-state index in [2.05, 4.69) is 64.1 Å². The molecule has 0 heterocycles. The molecule has 0 saturated heterocycles. The van der Waals surface area contributed by atoms with Crippen molar-refractivity contribution < 1.29 is 28.4 Å². The predicted molar refractivity (Wildman–Crippen MR) is 243 cm³/mol. The monoisotopic (exact) mass is 804 g/mol. The van der Waals surface area contributed by atoms with E-state index in [1.165, 1.54) is 0 Å². The lowest BCUT2D eigenvalue weighted by Gasteiger charge is -2.25. The molecule has 0 aromatic heterocycles. The van der Waals surface area contributed by atoms with Crippen molar-refractivity contribution in [2.45, 2.75) is 52.4 Å². The van der Waals surface area contributed by atoms with Crippen LogP contribution in [0.2, 0.25) is 0 Å². The first kappa shape index (κ1) is 43.0. The molecule has 8 heteroatoms. The molecular formula is C52H56N2O6. The number of hydrogen-bond donors (Lipinski definition) is 0. The Morgan fingerprint density at radius 1 is 0.417 bits per heavy atom. The highest BCUT2D eigenvalue weighted by Gasteiger charge is 2.30. The average molecular weight is 805 g/mol. The third-order valence-corrected chi connectivity index (χ3v) is 10.3. The van der Waals surface area contributed by atoms with Gasteiger partial charge in [0.1, 0.15) is 23.0 Å². The van der Waals surface area contributed by atoms with Gasteiger partial charge in [-0.3, -0.25) is 0 Å². The summed E-state index contributed by atoms with van der Waals surface area (Å²) in [7, 11) is 6.71. The van der Waals surface area contributed by atoms with Gasteiger partial charge in [0.05, 0.1) is 64.9 Å². The largest absolute Gasteiger partial charge is 0.496 e. The average Bonchev–Trinajstić information content (AvgIpc) is 3.26. The molecule has 0 radical (unpaired) electrons. The Morgan fingerprint density at radius 3 is 1.05 bits per heavy atom. The molecule has 6 aromatic carbocycles. The first-order valence-corrected chi connectivity index (χ1v) is 20.3. The molecule has 8 nitrogen and oxygen atoms in total. The number of para-hydroxylation sites is 2. The number of ether oxygens (including phenoxy) is 6. The number of methoxy groups -OCH3 is 4. The highest BCUT2D eigenvalue weighted by atomic mass is 16.5. The van der Waals surface area contributed by atoms with Crippen LogP contribution in [0.5, 0.6) is 23.0 Å². The van der Waals surface area contributed by atoms with Gasteiger partial charge in [-0.15, -0.1) is 0 Å². The van der Waals surface area contributed by atoms with E-state index in [0.717, 1.165) is 91.7 Å². The number of aryl methyl sites for hydroxylation is 4. The highest BCUT2D eigenvalue weighted by molar-refractivity contribution is 5.92. The fourth-order valence-corrected chi connectivity index (χ4v) is 7.36. The van der Waals surface area contributed by atoms with Gasteiger partial charge >= 0.3 is 0 Å². The summed E-state index contributed by atoms with van der Waals surface area (Å²) in [6.07, 6.45) is 1.52. The number of unbranched alkanes of at least 4 members (excludes halogenated alkanes) is 1. The maximum absolute atomic E-state index is 6.62. The third-order valence-electron chi connectivity index (χ3n) is 10.3. The smallest absolute Gasteiger partial charge is 0.200 e. The summed E-state index contributed by atoms with van der Waals surface area (Å²) >= 11 is 0. The van der Waals surface area contributed by atoms with Gasteiger partial charge in [0.15, 0.2) is 0 Å². The molecule has 60 heavy (non-hydrogen) atoms. The van der Waals surface area contributed by atoms with E-state index in [4.69, 9.17) is 38.4 Å². The summed E-state index contributed by atoms with van der Waals surface area (Å²) in [5, 5.41) is 0. The molecule has 310 valence electrons. The zero-order chi connectivity index (χ0) is 42.4. The van der Waals surface area contributed by atoms with Crippen molar-refractivity contribution in [3.05, 3.63) is 178 Å². The second-order valence-electron chi connectivity index (χ2n) is 14.8. The number of rotatable bonds is 17. The van der Waals surface area contributed by atoms with Crippen LogP contribution < -0.4 is 18.9 Å². The van der Waals surface area contributed by atoms with Crippen LogP contribution in [-0.4, -0.2) is 53.4 Å². The Hall–Kier alpha value is -6.54. The molecule has 2 unspecified atom stereocenters. The van der Waals surface area contributed by atoms with Crippen LogP contribution in [0.15, 0.2) is 143 Å². The number of aliphatic imine (C=N–C) groups is 2. The van der Waals surface area contributed by atoms with Gasteiger partial charge in [0, 0.05) is 22.3 Å². The third kappa shape index (κ3) is 10.7. The summed E-state index contributed by atoms with van der Waals surface area (Å²) in [6, 6.07) is 44.5. The summed E-state index contributed by atoms with van der Waals surface area (Å²) in [4.78, 5) is 9.99. The molecule has 2 atom stereocenters. The van der Waals surface area contributed by atoms with Crippen molar-refractivity contribution in [1.29, 1.82) is 0 Å². The van der Waals surface area contributed by atoms with E-state index < -0.39 is 11.8 Å². The van der Waals surface area contributed by atoms with Crippen LogP contribution in [0.4, 0.5) is 11.4 Å². The van der Waals surface area contributed by atoms with E-state index in [9.17, 15) is 0 Å². The van der Waals surface area contributed by atoms with E-state index in [1.807, 2.05) is 97.1 Å². The zero-order valence-electron chi connectivity index (χ0n) is 36.0. The van der Waals surface area contributed by atoms with Crippen molar-refractivity contribution in [2.75, 3.05) is 41.7 Å². The molecule has 0 spiro atoms. The molecule has 0 aliphatic rings. The van der Waals surface area contributed by atoms with Crippen LogP contribution in [0.3, 0.4) is 0 Å². The molecule has 0 aliphatic carbocycles. The summed E-state index contributed by atoms with van der Waals surface area (Å²) in [6.45, 7) is 9.28. The second kappa shape index (κ2) is 20.9. The minimum Gasteiger partial charge on any atom is -0.496 e. The molecule has 6 rings (SSSR count). The van der Waals surface area contributed by atoms with Gasteiger partial charge in [-0.1, -0.05) is 107 Å². The Labute approximate surface area is 355 Å². The minimum atomic E-state index is -0.398. The normalized spacial score (nSPS) is 12.7. The van der Waals surface area contributed by atoms with E-state index >= 15 is 0 Å². The number of hydrogen-bond acceptors (Lipinski definition) is 8. The molecule has 0 aliphatic heterocycles. The minimum absolute atomic E-state index is 0.398. The Kier molecular flexibility index (Phi) is 15.0.